The summed E-state index contributed by atoms with van der Waals surface area (Å²) in [5.74, 6) is -1.35. The first-order valence-corrected chi connectivity index (χ1v) is 7.62. The summed E-state index contributed by atoms with van der Waals surface area (Å²) in [7, 11) is 0. The molecule has 6 heteroatoms. The van der Waals surface area contributed by atoms with E-state index in [1.54, 1.807) is 24.3 Å². The van der Waals surface area contributed by atoms with E-state index in [2.05, 4.69) is 10.6 Å². The number of carbonyl (C=O) groups excluding carboxylic acids is 2. The number of amides is 2. The van der Waals surface area contributed by atoms with Crippen LogP contribution in [0.2, 0.25) is 0 Å². The van der Waals surface area contributed by atoms with Gasteiger partial charge in [0.2, 0.25) is 5.91 Å². The third kappa shape index (κ3) is 7.44. The molecule has 0 atom stereocenters. The number of hydrogen-bond acceptors (Lipinski definition) is 3. The lowest BCUT2D eigenvalue weighted by Gasteiger charge is -2.21. The van der Waals surface area contributed by atoms with Gasteiger partial charge in [0.05, 0.1) is 11.3 Å². The number of para-hydroxylation sites is 1. The second-order valence-corrected chi connectivity index (χ2v) is 6.40. The van der Waals surface area contributed by atoms with Crippen molar-refractivity contribution in [3.8, 4) is 0 Å². The number of rotatable bonds is 7. The molecule has 0 fully saturated rings. The average molecular weight is 320 g/mol. The van der Waals surface area contributed by atoms with Gasteiger partial charge in [-0.2, -0.15) is 0 Å². The lowest BCUT2D eigenvalue weighted by molar-refractivity contribution is -0.137. The van der Waals surface area contributed by atoms with Crippen molar-refractivity contribution in [2.75, 3.05) is 5.32 Å². The quantitative estimate of drug-likeness (QED) is 0.673. The minimum atomic E-state index is -0.866. The Morgan fingerprint density at radius 3 is 2.26 bits per heavy atom. The van der Waals surface area contributed by atoms with Gasteiger partial charge < -0.3 is 15.7 Å². The maximum atomic E-state index is 12.3. The lowest BCUT2D eigenvalue weighted by Crippen LogP contribution is -2.40. The van der Waals surface area contributed by atoms with Crippen molar-refractivity contribution < 1.29 is 19.5 Å². The van der Waals surface area contributed by atoms with Gasteiger partial charge in [-0.3, -0.25) is 14.4 Å². The maximum Gasteiger partial charge on any atom is 0.303 e. The van der Waals surface area contributed by atoms with Gasteiger partial charge in [-0.1, -0.05) is 12.1 Å². The Hall–Kier alpha value is -2.37. The zero-order valence-electron chi connectivity index (χ0n) is 13.8. The van der Waals surface area contributed by atoms with Crippen LogP contribution in [-0.2, 0) is 9.59 Å². The molecule has 0 bridgehead atoms. The van der Waals surface area contributed by atoms with Crippen molar-refractivity contribution >= 4 is 23.5 Å². The maximum absolute atomic E-state index is 12.3. The SMILES string of the molecule is CC(C)(C)NC(=O)c1ccccc1NC(=O)CCCCC(=O)O. The molecule has 1 rings (SSSR count). The molecule has 23 heavy (non-hydrogen) atoms. The van der Waals surface area contributed by atoms with E-state index in [1.165, 1.54) is 0 Å². The van der Waals surface area contributed by atoms with Crippen LogP contribution in [0.3, 0.4) is 0 Å². The Balaban J connectivity index is 2.65. The number of hydrogen-bond donors (Lipinski definition) is 3. The summed E-state index contributed by atoms with van der Waals surface area (Å²) < 4.78 is 0. The smallest absolute Gasteiger partial charge is 0.303 e. The molecule has 6 nitrogen and oxygen atoms in total. The third-order valence-electron chi connectivity index (χ3n) is 2.98. The van der Waals surface area contributed by atoms with Crippen LogP contribution in [0.25, 0.3) is 0 Å². The van der Waals surface area contributed by atoms with Crippen molar-refractivity contribution in [3.63, 3.8) is 0 Å². The highest BCUT2D eigenvalue weighted by Crippen LogP contribution is 2.17. The van der Waals surface area contributed by atoms with Crippen molar-refractivity contribution in [2.24, 2.45) is 0 Å². The Morgan fingerprint density at radius 1 is 1.04 bits per heavy atom. The molecule has 0 aromatic heterocycles. The van der Waals surface area contributed by atoms with E-state index in [1.807, 2.05) is 20.8 Å². The number of anilines is 1. The minimum Gasteiger partial charge on any atom is -0.481 e. The molecule has 1 aromatic rings. The van der Waals surface area contributed by atoms with E-state index >= 15 is 0 Å². The summed E-state index contributed by atoms with van der Waals surface area (Å²) in [5, 5.41) is 14.1. The van der Waals surface area contributed by atoms with Gasteiger partial charge in [-0.05, 0) is 45.7 Å². The number of carboxylic acid groups (broad SMARTS) is 1. The summed E-state index contributed by atoms with van der Waals surface area (Å²) >= 11 is 0. The Kier molecular flexibility index (Phi) is 6.75. The predicted molar refractivity (Wildman–Crippen MR) is 88.4 cm³/mol. The molecule has 0 spiro atoms. The largest absolute Gasteiger partial charge is 0.481 e. The monoisotopic (exact) mass is 320 g/mol. The third-order valence-corrected chi connectivity index (χ3v) is 2.98. The van der Waals surface area contributed by atoms with Crippen LogP contribution < -0.4 is 10.6 Å². The number of unbranched alkanes of at least 4 members (excludes halogenated alkanes) is 1. The summed E-state index contributed by atoms with van der Waals surface area (Å²) in [6.45, 7) is 5.65. The van der Waals surface area contributed by atoms with Crippen LogP contribution in [0.1, 0.15) is 56.8 Å². The molecule has 0 saturated heterocycles. The lowest BCUT2D eigenvalue weighted by atomic mass is 10.1. The van der Waals surface area contributed by atoms with Crippen molar-refractivity contribution in [2.45, 2.75) is 52.0 Å². The average Bonchev–Trinajstić information content (AvgIpc) is 2.42. The van der Waals surface area contributed by atoms with Gasteiger partial charge in [-0.25, -0.2) is 0 Å². The van der Waals surface area contributed by atoms with Crippen LogP contribution in [0.5, 0.6) is 0 Å². The number of benzene rings is 1. The highest BCUT2D eigenvalue weighted by atomic mass is 16.4. The zero-order valence-corrected chi connectivity index (χ0v) is 13.8. The van der Waals surface area contributed by atoms with Crippen LogP contribution in [-0.4, -0.2) is 28.4 Å². The minimum absolute atomic E-state index is 0.0534. The van der Waals surface area contributed by atoms with E-state index in [9.17, 15) is 14.4 Å². The number of carboxylic acids is 1. The number of nitrogens with one attached hydrogen (secondary N) is 2. The number of carbonyl (C=O) groups is 3. The van der Waals surface area contributed by atoms with Gasteiger partial charge in [0.1, 0.15) is 0 Å². The molecular formula is C17H24N2O4. The summed E-state index contributed by atoms with van der Waals surface area (Å²) in [5.41, 5.74) is 0.490. The molecule has 0 saturated carbocycles. The van der Waals surface area contributed by atoms with E-state index < -0.39 is 5.97 Å². The van der Waals surface area contributed by atoms with Gasteiger partial charge in [0, 0.05) is 18.4 Å². The fourth-order valence-corrected chi connectivity index (χ4v) is 1.97. The van der Waals surface area contributed by atoms with Gasteiger partial charge in [0.25, 0.3) is 5.91 Å². The van der Waals surface area contributed by atoms with E-state index in [0.29, 0.717) is 24.1 Å². The van der Waals surface area contributed by atoms with Gasteiger partial charge in [-0.15, -0.1) is 0 Å². The normalized spacial score (nSPS) is 10.9. The highest BCUT2D eigenvalue weighted by Gasteiger charge is 2.18. The predicted octanol–water partition coefficient (Wildman–Crippen LogP) is 2.80. The highest BCUT2D eigenvalue weighted by molar-refractivity contribution is 6.03. The van der Waals surface area contributed by atoms with Crippen LogP contribution >= 0.6 is 0 Å². The van der Waals surface area contributed by atoms with E-state index in [-0.39, 0.29) is 30.2 Å². The zero-order chi connectivity index (χ0) is 17.5. The van der Waals surface area contributed by atoms with Crippen molar-refractivity contribution in [1.82, 2.24) is 5.32 Å². The summed E-state index contributed by atoms with van der Waals surface area (Å²) in [6.07, 6.45) is 1.23. The van der Waals surface area contributed by atoms with Crippen LogP contribution in [0.15, 0.2) is 24.3 Å². The van der Waals surface area contributed by atoms with Crippen LogP contribution in [0.4, 0.5) is 5.69 Å². The molecule has 3 N–H and O–H groups in total. The molecule has 0 radical (unpaired) electrons. The molecule has 1 aromatic carbocycles. The molecular weight excluding hydrogens is 296 g/mol. The Bertz CT molecular complexity index is 576. The first kappa shape index (κ1) is 18.7. The van der Waals surface area contributed by atoms with Crippen LogP contribution in [0, 0.1) is 0 Å². The number of aliphatic carboxylic acids is 1. The molecule has 0 unspecified atom stereocenters. The Morgan fingerprint density at radius 2 is 1.65 bits per heavy atom. The van der Waals surface area contributed by atoms with Gasteiger partial charge in [0.15, 0.2) is 0 Å². The topological polar surface area (TPSA) is 95.5 Å². The standard InChI is InChI=1S/C17H24N2O4/c1-17(2,3)19-16(23)12-8-4-5-9-13(12)18-14(20)10-6-7-11-15(21)22/h4-5,8-9H,6-7,10-11H2,1-3H3,(H,18,20)(H,19,23)(H,21,22). The first-order valence-electron chi connectivity index (χ1n) is 7.62. The van der Waals surface area contributed by atoms with E-state index in [0.717, 1.165) is 0 Å². The molecule has 0 aliphatic rings. The molecule has 2 amide bonds. The summed E-state index contributed by atoms with van der Waals surface area (Å²) in [6, 6.07) is 6.81. The van der Waals surface area contributed by atoms with Gasteiger partial charge >= 0.3 is 5.97 Å². The molecule has 126 valence electrons. The summed E-state index contributed by atoms with van der Waals surface area (Å²) in [4.78, 5) is 34.6. The second-order valence-electron chi connectivity index (χ2n) is 6.40. The van der Waals surface area contributed by atoms with Crippen molar-refractivity contribution in [1.29, 1.82) is 0 Å². The molecule has 0 heterocycles. The fourth-order valence-electron chi connectivity index (χ4n) is 1.97. The Labute approximate surface area is 136 Å². The first-order chi connectivity index (χ1) is 10.7. The second kappa shape index (κ2) is 8.31. The molecule has 0 aliphatic carbocycles. The fraction of sp³-hybridized carbons (Fsp3) is 0.471. The van der Waals surface area contributed by atoms with E-state index in [4.69, 9.17) is 5.11 Å². The van der Waals surface area contributed by atoms with Crippen molar-refractivity contribution in [3.05, 3.63) is 29.8 Å². The molecule has 0 aliphatic heterocycles.